The van der Waals surface area contributed by atoms with Gasteiger partial charge in [-0.25, -0.2) is 17.5 Å². The minimum Gasteiger partial charge on any atom is -0.391 e. The van der Waals surface area contributed by atoms with E-state index in [-0.39, 0.29) is 11.3 Å². The largest absolute Gasteiger partial charge is 0.391 e. The maximum Gasteiger partial charge on any atom is 0.241 e. The van der Waals surface area contributed by atoms with Gasteiger partial charge in [0.1, 0.15) is 5.82 Å². The van der Waals surface area contributed by atoms with Crippen LogP contribution in [0.3, 0.4) is 0 Å². The van der Waals surface area contributed by atoms with E-state index in [1.807, 2.05) is 0 Å². The van der Waals surface area contributed by atoms with Gasteiger partial charge < -0.3 is 5.11 Å². The third-order valence-electron chi connectivity index (χ3n) is 3.88. The number of aromatic nitrogens is 2. The molecule has 1 aliphatic rings. The zero-order valence-corrected chi connectivity index (χ0v) is 12.7. The van der Waals surface area contributed by atoms with Crippen molar-refractivity contribution in [2.45, 2.75) is 36.4 Å². The molecule has 1 fully saturated rings. The number of hydrogen-bond donors (Lipinski definition) is 2. The van der Waals surface area contributed by atoms with E-state index >= 15 is 0 Å². The average molecular weight is 325 g/mol. The topological polar surface area (TPSA) is 84.2 Å². The van der Waals surface area contributed by atoms with Crippen LogP contribution in [0.5, 0.6) is 0 Å². The molecule has 1 aromatic heterocycles. The van der Waals surface area contributed by atoms with Crippen molar-refractivity contribution in [1.29, 1.82) is 0 Å². The Bertz CT molecular complexity index is 777. The molecule has 1 saturated carbocycles. The molecule has 1 aromatic carbocycles. The molecule has 0 unspecified atom stereocenters. The summed E-state index contributed by atoms with van der Waals surface area (Å²) in [6, 6.07) is 4.39. The summed E-state index contributed by atoms with van der Waals surface area (Å²) in [7, 11) is -3.86. The molecular weight excluding hydrogens is 309 g/mol. The van der Waals surface area contributed by atoms with E-state index in [9.17, 15) is 17.9 Å². The number of aliphatic hydroxyl groups is 1. The molecule has 0 bridgehead atoms. The van der Waals surface area contributed by atoms with Crippen LogP contribution < -0.4 is 4.72 Å². The van der Waals surface area contributed by atoms with E-state index < -0.39 is 34.0 Å². The highest BCUT2D eigenvalue weighted by atomic mass is 32.2. The Balaban J connectivity index is 1.84. The van der Waals surface area contributed by atoms with Crippen LogP contribution in [0, 0.1) is 12.7 Å². The fourth-order valence-electron chi connectivity index (χ4n) is 2.67. The number of aryl methyl sites for hydroxylation is 1. The second kappa shape index (κ2) is 5.45. The van der Waals surface area contributed by atoms with Gasteiger partial charge in [0.15, 0.2) is 0 Å². The Hall–Kier alpha value is -1.77. The maximum absolute atomic E-state index is 13.3. The van der Waals surface area contributed by atoms with Crippen molar-refractivity contribution in [3.63, 3.8) is 0 Å². The summed E-state index contributed by atoms with van der Waals surface area (Å²) < 4.78 is 42.3. The van der Waals surface area contributed by atoms with E-state index in [2.05, 4.69) is 9.82 Å². The van der Waals surface area contributed by atoms with Gasteiger partial charge in [-0.3, -0.25) is 4.68 Å². The first-order chi connectivity index (χ1) is 10.4. The third-order valence-corrected chi connectivity index (χ3v) is 5.51. The molecule has 0 radical (unpaired) electrons. The molecule has 22 heavy (non-hydrogen) atoms. The molecule has 1 heterocycles. The second-order valence-corrected chi connectivity index (χ2v) is 7.10. The van der Waals surface area contributed by atoms with Crippen LogP contribution in [0.2, 0.25) is 0 Å². The minimum absolute atomic E-state index is 0.0897. The first-order valence-electron chi connectivity index (χ1n) is 6.84. The van der Waals surface area contributed by atoms with Gasteiger partial charge in [0, 0.05) is 18.4 Å². The smallest absolute Gasteiger partial charge is 0.241 e. The van der Waals surface area contributed by atoms with Crippen molar-refractivity contribution in [2.24, 2.45) is 0 Å². The van der Waals surface area contributed by atoms with Crippen LogP contribution in [-0.4, -0.2) is 35.5 Å². The standard InChI is InChI=1S/C14H16FN3O3S/c1-9-3-4-10(15)7-13(9)22(20,21)17-11-8-12(19)14(11)18-6-2-5-16-18/h2-7,11-12,14,17,19H,8H2,1H3/t11-,12+,14+/m0/s1. The molecule has 118 valence electrons. The van der Waals surface area contributed by atoms with Gasteiger partial charge in [0.25, 0.3) is 0 Å². The fourth-order valence-corrected chi connectivity index (χ4v) is 4.19. The van der Waals surface area contributed by atoms with Crippen LogP contribution in [0.1, 0.15) is 18.0 Å². The lowest BCUT2D eigenvalue weighted by molar-refractivity contribution is 0.000536. The van der Waals surface area contributed by atoms with E-state index in [1.165, 1.54) is 16.8 Å². The first-order valence-corrected chi connectivity index (χ1v) is 8.32. The molecule has 0 spiro atoms. The molecule has 0 aliphatic heterocycles. The highest BCUT2D eigenvalue weighted by Crippen LogP contribution is 2.33. The predicted octanol–water partition coefficient (Wildman–Crippen LogP) is 0.983. The van der Waals surface area contributed by atoms with Gasteiger partial charge in [-0.05, 0) is 37.1 Å². The number of rotatable bonds is 4. The molecule has 3 atom stereocenters. The van der Waals surface area contributed by atoms with Gasteiger partial charge in [-0.15, -0.1) is 0 Å². The number of sulfonamides is 1. The highest BCUT2D eigenvalue weighted by molar-refractivity contribution is 7.89. The van der Waals surface area contributed by atoms with Gasteiger partial charge in [0.05, 0.1) is 17.0 Å². The quantitative estimate of drug-likeness (QED) is 0.878. The van der Waals surface area contributed by atoms with Gasteiger partial charge in [-0.1, -0.05) is 6.07 Å². The third kappa shape index (κ3) is 2.65. The number of nitrogens with one attached hydrogen (secondary N) is 1. The number of benzene rings is 1. The lowest BCUT2D eigenvalue weighted by Crippen LogP contribution is -2.56. The summed E-state index contributed by atoms with van der Waals surface area (Å²) in [6.07, 6.45) is 2.86. The van der Waals surface area contributed by atoms with E-state index in [1.54, 1.807) is 25.4 Å². The Kier molecular flexibility index (Phi) is 3.75. The van der Waals surface area contributed by atoms with Crippen molar-refractivity contribution >= 4 is 10.0 Å². The van der Waals surface area contributed by atoms with Crippen LogP contribution in [0.15, 0.2) is 41.6 Å². The first kappa shape index (κ1) is 15.1. The van der Waals surface area contributed by atoms with Crippen molar-refractivity contribution in [3.8, 4) is 0 Å². The molecule has 2 aromatic rings. The van der Waals surface area contributed by atoms with E-state index in [0.717, 1.165) is 6.07 Å². The normalized spacial score (nSPS) is 25.0. The molecule has 1 aliphatic carbocycles. The second-order valence-electron chi connectivity index (χ2n) is 5.42. The molecular formula is C14H16FN3O3S. The molecule has 0 saturated heterocycles. The summed E-state index contributed by atoms with van der Waals surface area (Å²) >= 11 is 0. The Morgan fingerprint density at radius 2 is 2.23 bits per heavy atom. The number of nitrogens with zero attached hydrogens (tertiary/aromatic N) is 2. The van der Waals surface area contributed by atoms with Crippen LogP contribution in [-0.2, 0) is 10.0 Å². The molecule has 0 amide bonds. The van der Waals surface area contributed by atoms with Crippen LogP contribution >= 0.6 is 0 Å². The minimum atomic E-state index is -3.86. The summed E-state index contributed by atoms with van der Waals surface area (Å²) in [5.74, 6) is -0.608. The molecule has 2 N–H and O–H groups in total. The zero-order valence-electron chi connectivity index (χ0n) is 11.8. The van der Waals surface area contributed by atoms with Crippen molar-refractivity contribution in [1.82, 2.24) is 14.5 Å². The predicted molar refractivity (Wildman–Crippen MR) is 77.1 cm³/mol. The Labute approximate surface area is 127 Å². The lowest BCUT2D eigenvalue weighted by Gasteiger charge is -2.41. The number of hydrogen-bond acceptors (Lipinski definition) is 4. The van der Waals surface area contributed by atoms with Crippen molar-refractivity contribution in [3.05, 3.63) is 48.0 Å². The van der Waals surface area contributed by atoms with Crippen molar-refractivity contribution in [2.75, 3.05) is 0 Å². The van der Waals surface area contributed by atoms with Gasteiger partial charge in [0.2, 0.25) is 10.0 Å². The van der Waals surface area contributed by atoms with E-state index in [4.69, 9.17) is 0 Å². The Morgan fingerprint density at radius 1 is 1.45 bits per heavy atom. The average Bonchev–Trinajstić information content (AvgIpc) is 2.93. The maximum atomic E-state index is 13.3. The number of halogens is 1. The highest BCUT2D eigenvalue weighted by Gasteiger charge is 2.44. The number of aliphatic hydroxyl groups excluding tert-OH is 1. The summed E-state index contributed by atoms with van der Waals surface area (Å²) in [6.45, 7) is 1.61. The SMILES string of the molecule is Cc1ccc(F)cc1S(=O)(=O)N[C@H]1C[C@@H](O)[C@@H]1n1cccn1. The monoisotopic (exact) mass is 325 g/mol. The summed E-state index contributed by atoms with van der Waals surface area (Å²) in [5, 5.41) is 13.9. The molecule has 6 nitrogen and oxygen atoms in total. The van der Waals surface area contributed by atoms with E-state index in [0.29, 0.717) is 5.56 Å². The van der Waals surface area contributed by atoms with Crippen LogP contribution in [0.4, 0.5) is 4.39 Å². The van der Waals surface area contributed by atoms with Gasteiger partial charge >= 0.3 is 0 Å². The Morgan fingerprint density at radius 3 is 2.86 bits per heavy atom. The fraction of sp³-hybridized carbons (Fsp3) is 0.357. The summed E-state index contributed by atoms with van der Waals surface area (Å²) in [4.78, 5) is -0.0897. The lowest BCUT2D eigenvalue weighted by atomic mass is 9.84. The summed E-state index contributed by atoms with van der Waals surface area (Å²) in [5.41, 5.74) is 0.462. The zero-order chi connectivity index (χ0) is 15.9. The van der Waals surface area contributed by atoms with Crippen LogP contribution in [0.25, 0.3) is 0 Å². The van der Waals surface area contributed by atoms with Crippen molar-refractivity contribution < 1.29 is 17.9 Å². The molecule has 8 heteroatoms. The molecule has 3 rings (SSSR count). The van der Waals surface area contributed by atoms with Gasteiger partial charge in [-0.2, -0.15) is 5.10 Å².